The maximum Gasteiger partial charge on any atom is 0.339 e. The summed E-state index contributed by atoms with van der Waals surface area (Å²) in [4.78, 5) is 42.3. The Bertz CT molecular complexity index is 921. The molecule has 9 nitrogen and oxygen atoms in total. The van der Waals surface area contributed by atoms with Gasteiger partial charge in [-0.05, 0) is 38.7 Å². The summed E-state index contributed by atoms with van der Waals surface area (Å²) in [5.41, 5.74) is 2.12. The van der Waals surface area contributed by atoms with Crippen LogP contribution in [0.25, 0.3) is 0 Å². The first-order valence-corrected chi connectivity index (χ1v) is 9.68. The van der Waals surface area contributed by atoms with Gasteiger partial charge in [0.2, 0.25) is 5.91 Å². The summed E-state index contributed by atoms with van der Waals surface area (Å²) in [6.45, 7) is 6.33. The maximum atomic E-state index is 13.0. The van der Waals surface area contributed by atoms with Gasteiger partial charge in [0, 0.05) is 30.8 Å². The van der Waals surface area contributed by atoms with E-state index < -0.39 is 5.97 Å². The molecule has 0 saturated carbocycles. The van der Waals surface area contributed by atoms with Crippen LogP contribution in [0.15, 0.2) is 10.6 Å². The van der Waals surface area contributed by atoms with E-state index in [4.69, 9.17) is 9.26 Å². The van der Waals surface area contributed by atoms with Crippen molar-refractivity contribution in [3.05, 3.63) is 34.3 Å². The Labute approximate surface area is 168 Å². The Hall–Kier alpha value is -3.10. The Balaban J connectivity index is 1.65. The van der Waals surface area contributed by atoms with Crippen molar-refractivity contribution in [1.29, 1.82) is 0 Å². The van der Waals surface area contributed by atoms with Crippen LogP contribution in [0.5, 0.6) is 0 Å². The number of hydrogen-bond donors (Lipinski definition) is 2. The van der Waals surface area contributed by atoms with Gasteiger partial charge < -0.3 is 24.5 Å². The Kier molecular flexibility index (Phi) is 6.05. The van der Waals surface area contributed by atoms with Gasteiger partial charge in [-0.2, -0.15) is 0 Å². The highest BCUT2D eigenvalue weighted by Gasteiger charge is 2.31. The topological polar surface area (TPSA) is 118 Å². The lowest BCUT2D eigenvalue weighted by Gasteiger charge is -2.31. The molecular weight excluding hydrogens is 376 g/mol. The zero-order valence-corrected chi connectivity index (χ0v) is 17.1. The van der Waals surface area contributed by atoms with Crippen LogP contribution in [0.1, 0.15) is 57.6 Å². The molecule has 29 heavy (non-hydrogen) atoms. The van der Waals surface area contributed by atoms with Crippen molar-refractivity contribution in [2.24, 2.45) is 5.92 Å². The van der Waals surface area contributed by atoms with E-state index in [1.54, 1.807) is 24.8 Å². The first-order valence-electron chi connectivity index (χ1n) is 9.68. The molecule has 0 spiro atoms. The van der Waals surface area contributed by atoms with Crippen molar-refractivity contribution in [1.82, 2.24) is 15.0 Å². The second kappa shape index (κ2) is 8.50. The minimum Gasteiger partial charge on any atom is -0.465 e. The fourth-order valence-corrected chi connectivity index (χ4v) is 3.67. The van der Waals surface area contributed by atoms with Gasteiger partial charge in [0.1, 0.15) is 11.5 Å². The van der Waals surface area contributed by atoms with Gasteiger partial charge in [-0.25, -0.2) is 4.79 Å². The van der Waals surface area contributed by atoms with Gasteiger partial charge in [0.25, 0.3) is 5.91 Å². The molecular formula is C20H26N4O5. The number of aromatic amines is 1. The van der Waals surface area contributed by atoms with E-state index in [2.05, 4.69) is 15.5 Å². The number of aryl methyl sites for hydroxylation is 2. The summed E-state index contributed by atoms with van der Waals surface area (Å²) < 4.78 is 9.80. The molecule has 0 bridgehead atoms. The molecule has 2 aromatic rings. The lowest BCUT2D eigenvalue weighted by atomic mass is 9.95. The number of hydrogen-bond acceptors (Lipinski definition) is 6. The number of nitrogens with one attached hydrogen (secondary N) is 2. The van der Waals surface area contributed by atoms with Crippen LogP contribution in [0, 0.1) is 19.8 Å². The number of carbonyl (C=O) groups excluding carboxylic acids is 3. The van der Waals surface area contributed by atoms with E-state index in [9.17, 15) is 14.4 Å². The van der Waals surface area contributed by atoms with Crippen molar-refractivity contribution in [3.63, 3.8) is 0 Å². The highest BCUT2D eigenvalue weighted by molar-refractivity contribution is 6.00. The minimum absolute atomic E-state index is 0.123. The molecule has 1 fully saturated rings. The van der Waals surface area contributed by atoms with Crippen LogP contribution >= 0.6 is 0 Å². The molecule has 156 valence electrons. The molecule has 0 unspecified atom stereocenters. The average Bonchev–Trinajstić information content (AvgIpc) is 3.29. The van der Waals surface area contributed by atoms with Crippen molar-refractivity contribution < 1.29 is 23.6 Å². The summed E-state index contributed by atoms with van der Waals surface area (Å²) in [7, 11) is 1.33. The molecule has 2 N–H and O–H groups in total. The van der Waals surface area contributed by atoms with Gasteiger partial charge in [-0.3, -0.25) is 9.59 Å². The third-order valence-electron chi connectivity index (χ3n) is 5.32. The third-order valence-corrected chi connectivity index (χ3v) is 5.32. The van der Waals surface area contributed by atoms with E-state index in [0.717, 1.165) is 0 Å². The molecule has 9 heteroatoms. The minimum atomic E-state index is -0.451. The number of H-pyrrole nitrogens is 1. The van der Waals surface area contributed by atoms with E-state index in [1.807, 2.05) is 6.92 Å². The maximum absolute atomic E-state index is 13.0. The number of piperidine rings is 1. The van der Waals surface area contributed by atoms with Crippen molar-refractivity contribution in [3.8, 4) is 0 Å². The van der Waals surface area contributed by atoms with E-state index in [1.165, 1.54) is 7.11 Å². The Morgan fingerprint density at radius 2 is 2.00 bits per heavy atom. The molecule has 0 radical (unpaired) electrons. The predicted octanol–water partition coefficient (Wildman–Crippen LogP) is 2.46. The summed E-state index contributed by atoms with van der Waals surface area (Å²) in [6, 6.07) is 1.66. The summed E-state index contributed by atoms with van der Waals surface area (Å²) in [5, 5.41) is 6.52. The van der Waals surface area contributed by atoms with Gasteiger partial charge >= 0.3 is 5.97 Å². The van der Waals surface area contributed by atoms with E-state index >= 15 is 0 Å². The fourth-order valence-electron chi connectivity index (χ4n) is 3.67. The smallest absolute Gasteiger partial charge is 0.339 e. The highest BCUT2D eigenvalue weighted by Crippen LogP contribution is 2.25. The lowest BCUT2D eigenvalue weighted by molar-refractivity contribution is -0.121. The van der Waals surface area contributed by atoms with E-state index in [0.29, 0.717) is 66.4 Å². The fraction of sp³-hybridized carbons (Fsp3) is 0.500. The molecule has 0 atom stereocenters. The van der Waals surface area contributed by atoms with Gasteiger partial charge in [0.05, 0.1) is 12.7 Å². The molecule has 1 aliphatic rings. The molecule has 1 aliphatic heterocycles. The standard InChI is InChI=1S/C20H26N4O5/c1-5-14-16(20(27)28-4)12(3)17(21-14)19(26)24-8-6-13(7-9-24)18(25)22-15-10-11(2)29-23-15/h10,13,21H,5-9H2,1-4H3,(H,22,23,25). The first-order chi connectivity index (χ1) is 13.8. The van der Waals surface area contributed by atoms with Crippen LogP contribution < -0.4 is 5.32 Å². The largest absolute Gasteiger partial charge is 0.465 e. The van der Waals surface area contributed by atoms with Crippen LogP contribution in [-0.2, 0) is 16.0 Å². The highest BCUT2D eigenvalue weighted by atomic mass is 16.5. The number of likely N-dealkylation sites (tertiary alicyclic amines) is 1. The predicted molar refractivity (Wildman–Crippen MR) is 105 cm³/mol. The van der Waals surface area contributed by atoms with Crippen LogP contribution in [0.2, 0.25) is 0 Å². The molecule has 3 heterocycles. The number of esters is 1. The second-order valence-corrected chi connectivity index (χ2v) is 7.20. The number of aromatic nitrogens is 2. The third kappa shape index (κ3) is 4.18. The Morgan fingerprint density at radius 3 is 2.55 bits per heavy atom. The zero-order chi connectivity index (χ0) is 21.1. The molecule has 3 rings (SSSR count). The summed E-state index contributed by atoms with van der Waals surface area (Å²) in [5.74, 6) is 0.0852. The number of rotatable bonds is 5. The molecule has 2 amide bonds. The van der Waals surface area contributed by atoms with Crippen LogP contribution in [-0.4, -0.2) is 53.0 Å². The summed E-state index contributed by atoms with van der Waals surface area (Å²) in [6.07, 6.45) is 1.69. The van der Waals surface area contributed by atoms with Gasteiger partial charge in [-0.1, -0.05) is 12.1 Å². The number of ether oxygens (including phenoxy) is 1. The zero-order valence-electron chi connectivity index (χ0n) is 17.1. The molecule has 1 saturated heterocycles. The van der Waals surface area contributed by atoms with Crippen molar-refractivity contribution in [2.75, 3.05) is 25.5 Å². The van der Waals surface area contributed by atoms with E-state index in [-0.39, 0.29) is 17.7 Å². The number of methoxy groups -OCH3 is 1. The second-order valence-electron chi connectivity index (χ2n) is 7.20. The number of nitrogens with zero attached hydrogens (tertiary/aromatic N) is 2. The number of amides is 2. The lowest BCUT2D eigenvalue weighted by Crippen LogP contribution is -2.41. The quantitative estimate of drug-likeness (QED) is 0.742. The van der Waals surface area contributed by atoms with Crippen molar-refractivity contribution in [2.45, 2.75) is 40.0 Å². The molecule has 2 aromatic heterocycles. The number of carbonyl (C=O) groups is 3. The van der Waals surface area contributed by atoms with Crippen LogP contribution in [0.4, 0.5) is 5.82 Å². The first kappa shape index (κ1) is 20.6. The molecule has 0 aliphatic carbocycles. The average molecular weight is 402 g/mol. The van der Waals surface area contributed by atoms with Crippen molar-refractivity contribution >= 4 is 23.6 Å². The van der Waals surface area contributed by atoms with Gasteiger partial charge in [0.15, 0.2) is 5.82 Å². The SMILES string of the molecule is CCc1[nH]c(C(=O)N2CCC(C(=O)Nc3cc(C)on3)CC2)c(C)c1C(=O)OC. The van der Waals surface area contributed by atoms with Gasteiger partial charge in [-0.15, -0.1) is 0 Å². The molecule has 0 aromatic carbocycles. The normalized spacial score (nSPS) is 14.7. The Morgan fingerprint density at radius 1 is 1.31 bits per heavy atom. The number of anilines is 1. The monoisotopic (exact) mass is 402 g/mol. The summed E-state index contributed by atoms with van der Waals surface area (Å²) >= 11 is 0. The van der Waals surface area contributed by atoms with Crippen LogP contribution in [0.3, 0.4) is 0 Å².